The van der Waals surface area contributed by atoms with Gasteiger partial charge in [-0.15, -0.1) is 0 Å². The van der Waals surface area contributed by atoms with Gasteiger partial charge in [0.25, 0.3) is 5.91 Å². The summed E-state index contributed by atoms with van der Waals surface area (Å²) < 4.78 is 37.2. The lowest BCUT2D eigenvalue weighted by molar-refractivity contribution is -0.137. The Balaban J connectivity index is 1.80. The number of anilines is 1. The average Bonchev–Trinajstić information content (AvgIpc) is 2.54. The minimum Gasteiger partial charge on any atom is -0.347 e. The zero-order chi connectivity index (χ0) is 17.6. The third kappa shape index (κ3) is 5.54. The van der Waals surface area contributed by atoms with Crippen molar-refractivity contribution in [2.75, 3.05) is 5.43 Å². The minimum absolute atomic E-state index is 0.245. The number of nitrogens with one attached hydrogen (secondary N) is 2. The van der Waals surface area contributed by atoms with Crippen molar-refractivity contribution in [1.29, 1.82) is 0 Å². The van der Waals surface area contributed by atoms with Crippen molar-refractivity contribution in [1.82, 2.24) is 10.3 Å². The molecule has 126 valence electrons. The Morgan fingerprint density at radius 2 is 1.92 bits per heavy atom. The van der Waals surface area contributed by atoms with Crippen molar-refractivity contribution >= 4 is 29.4 Å². The Hall–Kier alpha value is -2.61. The number of aromatic nitrogens is 1. The highest BCUT2D eigenvalue weighted by molar-refractivity contribution is 6.29. The van der Waals surface area contributed by atoms with Gasteiger partial charge in [0.15, 0.2) is 0 Å². The van der Waals surface area contributed by atoms with Gasteiger partial charge in [-0.05, 0) is 35.9 Å². The van der Waals surface area contributed by atoms with Crippen molar-refractivity contribution in [2.24, 2.45) is 5.10 Å². The summed E-state index contributed by atoms with van der Waals surface area (Å²) in [5.74, 6) is -0.468. The number of hydrazone groups is 1. The number of hydrogen-bond acceptors (Lipinski definition) is 4. The van der Waals surface area contributed by atoms with Gasteiger partial charge >= 0.3 is 6.18 Å². The Kier molecular flexibility index (Phi) is 5.75. The molecule has 2 N–H and O–H groups in total. The van der Waals surface area contributed by atoms with Crippen molar-refractivity contribution in [3.05, 3.63) is 58.9 Å². The summed E-state index contributed by atoms with van der Waals surface area (Å²) >= 11 is 5.65. The molecule has 1 amide bonds. The van der Waals surface area contributed by atoms with Crippen molar-refractivity contribution < 1.29 is 18.0 Å². The maximum absolute atomic E-state index is 12.4. The fourth-order valence-corrected chi connectivity index (χ4v) is 1.76. The molecule has 24 heavy (non-hydrogen) atoms. The second-order valence-corrected chi connectivity index (χ2v) is 5.04. The van der Waals surface area contributed by atoms with Gasteiger partial charge in [-0.1, -0.05) is 17.7 Å². The fraction of sp³-hybridized carbons (Fsp3) is 0.133. The summed E-state index contributed by atoms with van der Waals surface area (Å²) in [4.78, 5) is 15.4. The number of benzene rings is 1. The molecule has 1 heterocycles. The van der Waals surface area contributed by atoms with Crippen LogP contribution in [0.5, 0.6) is 0 Å². The van der Waals surface area contributed by atoms with Gasteiger partial charge in [-0.2, -0.15) is 18.3 Å². The van der Waals surface area contributed by atoms with Crippen LogP contribution in [-0.4, -0.2) is 17.1 Å². The number of rotatable bonds is 5. The zero-order valence-corrected chi connectivity index (χ0v) is 12.9. The number of nitrogens with zero attached hydrogens (tertiary/aromatic N) is 2. The number of carbonyl (C=O) groups is 1. The first kappa shape index (κ1) is 17.7. The van der Waals surface area contributed by atoms with E-state index in [1.54, 1.807) is 12.1 Å². The van der Waals surface area contributed by atoms with Crippen molar-refractivity contribution in [2.45, 2.75) is 12.7 Å². The Morgan fingerprint density at radius 3 is 2.50 bits per heavy atom. The zero-order valence-electron chi connectivity index (χ0n) is 12.1. The number of pyridine rings is 1. The number of carbonyl (C=O) groups excluding carboxylic acids is 1. The van der Waals surface area contributed by atoms with Crippen LogP contribution < -0.4 is 10.7 Å². The van der Waals surface area contributed by atoms with E-state index in [0.29, 0.717) is 10.8 Å². The van der Waals surface area contributed by atoms with Gasteiger partial charge in [0, 0.05) is 12.7 Å². The number of hydrogen-bond donors (Lipinski definition) is 2. The van der Waals surface area contributed by atoms with Crippen LogP contribution in [0.15, 0.2) is 47.7 Å². The molecule has 0 radical (unpaired) electrons. The van der Waals surface area contributed by atoms with E-state index in [4.69, 9.17) is 11.6 Å². The fourth-order valence-electron chi connectivity index (χ4n) is 1.65. The van der Waals surface area contributed by atoms with E-state index in [9.17, 15) is 18.0 Å². The van der Waals surface area contributed by atoms with Gasteiger partial charge in [0.2, 0.25) is 0 Å². The largest absolute Gasteiger partial charge is 0.416 e. The monoisotopic (exact) mass is 356 g/mol. The van der Waals surface area contributed by atoms with Crippen LogP contribution >= 0.6 is 11.6 Å². The summed E-state index contributed by atoms with van der Waals surface area (Å²) in [7, 11) is 0. The predicted octanol–water partition coefficient (Wildman–Crippen LogP) is 3.47. The lowest BCUT2D eigenvalue weighted by Crippen LogP contribution is -2.24. The van der Waals surface area contributed by atoms with Crippen LogP contribution in [0.2, 0.25) is 5.15 Å². The highest BCUT2D eigenvalue weighted by Crippen LogP contribution is 2.29. The maximum Gasteiger partial charge on any atom is 0.416 e. The quantitative estimate of drug-likeness (QED) is 0.490. The molecule has 1 aromatic heterocycles. The van der Waals surface area contributed by atoms with E-state index < -0.39 is 17.6 Å². The molecular weight excluding hydrogens is 345 g/mol. The van der Waals surface area contributed by atoms with Crippen LogP contribution in [0, 0.1) is 0 Å². The highest BCUT2D eigenvalue weighted by Gasteiger charge is 2.29. The second kappa shape index (κ2) is 7.78. The lowest BCUT2D eigenvalue weighted by atomic mass is 10.2. The third-order valence-corrected chi connectivity index (χ3v) is 3.07. The molecule has 0 saturated carbocycles. The molecule has 9 heteroatoms. The predicted molar refractivity (Wildman–Crippen MR) is 84.7 cm³/mol. The summed E-state index contributed by atoms with van der Waals surface area (Å²) in [5, 5.41) is 6.58. The molecule has 0 aliphatic rings. The van der Waals surface area contributed by atoms with E-state index in [1.165, 1.54) is 18.3 Å². The SMILES string of the molecule is O=C(C=NNc1ccc(C(F)(F)F)cc1)NCc1ccc(Cl)nc1. The Bertz CT molecular complexity index is 715. The van der Waals surface area contributed by atoms with Crippen LogP contribution in [0.1, 0.15) is 11.1 Å². The maximum atomic E-state index is 12.4. The van der Waals surface area contributed by atoms with Gasteiger partial charge in [-0.25, -0.2) is 4.98 Å². The van der Waals surface area contributed by atoms with Gasteiger partial charge in [0.05, 0.1) is 11.3 Å². The first-order valence-electron chi connectivity index (χ1n) is 6.69. The molecule has 0 saturated heterocycles. The van der Waals surface area contributed by atoms with Gasteiger partial charge in [0.1, 0.15) is 11.4 Å². The topological polar surface area (TPSA) is 66.4 Å². The van der Waals surface area contributed by atoms with Crippen molar-refractivity contribution in [3.63, 3.8) is 0 Å². The first-order chi connectivity index (χ1) is 11.3. The molecule has 5 nitrogen and oxygen atoms in total. The molecular formula is C15H12ClF3N4O. The van der Waals surface area contributed by atoms with Crippen LogP contribution in [0.25, 0.3) is 0 Å². The summed E-state index contributed by atoms with van der Waals surface area (Å²) in [6, 6.07) is 7.60. The Labute approximate surface area is 140 Å². The number of alkyl halides is 3. The van der Waals surface area contributed by atoms with Crippen molar-refractivity contribution in [3.8, 4) is 0 Å². The smallest absolute Gasteiger partial charge is 0.347 e. The van der Waals surface area contributed by atoms with E-state index >= 15 is 0 Å². The van der Waals surface area contributed by atoms with E-state index in [1.807, 2.05) is 0 Å². The first-order valence-corrected chi connectivity index (χ1v) is 7.07. The molecule has 1 aromatic carbocycles. The minimum atomic E-state index is -4.39. The molecule has 0 unspecified atom stereocenters. The molecule has 0 fully saturated rings. The molecule has 0 aliphatic heterocycles. The van der Waals surface area contributed by atoms with E-state index in [-0.39, 0.29) is 6.54 Å². The summed E-state index contributed by atoms with van der Waals surface area (Å²) in [6.45, 7) is 0.245. The average molecular weight is 357 g/mol. The van der Waals surface area contributed by atoms with Crippen LogP contribution in [-0.2, 0) is 17.5 Å². The van der Waals surface area contributed by atoms with Gasteiger partial charge in [-0.3, -0.25) is 10.2 Å². The number of halogens is 4. The Morgan fingerprint density at radius 1 is 1.21 bits per heavy atom. The van der Waals surface area contributed by atoms with E-state index in [2.05, 4.69) is 20.8 Å². The second-order valence-electron chi connectivity index (χ2n) is 4.65. The normalized spacial score (nSPS) is 11.5. The standard InChI is InChI=1S/C15H12ClF3N4O/c16-13-6-1-10(7-20-13)8-21-14(24)9-22-23-12-4-2-11(3-5-12)15(17,18)19/h1-7,9,23H,8H2,(H,21,24). The summed E-state index contributed by atoms with van der Waals surface area (Å²) in [6.07, 6.45) is -1.88. The molecule has 0 atom stereocenters. The molecule has 2 rings (SSSR count). The van der Waals surface area contributed by atoms with Crippen LogP contribution in [0.3, 0.4) is 0 Å². The molecule has 2 aromatic rings. The number of amides is 1. The van der Waals surface area contributed by atoms with Crippen LogP contribution in [0.4, 0.5) is 18.9 Å². The molecule has 0 bridgehead atoms. The lowest BCUT2D eigenvalue weighted by Gasteiger charge is -2.07. The third-order valence-electron chi connectivity index (χ3n) is 2.84. The van der Waals surface area contributed by atoms with Gasteiger partial charge < -0.3 is 5.32 Å². The molecule has 0 aliphatic carbocycles. The molecule has 0 spiro atoms. The highest BCUT2D eigenvalue weighted by atomic mass is 35.5. The van der Waals surface area contributed by atoms with E-state index in [0.717, 1.165) is 23.9 Å². The summed E-state index contributed by atoms with van der Waals surface area (Å²) in [5.41, 5.74) is 2.80.